The molecule has 0 spiro atoms. The van der Waals surface area contributed by atoms with Crippen LogP contribution < -0.4 is 0 Å². The minimum absolute atomic E-state index is 1.16. The Balaban J connectivity index is 0.842. The lowest BCUT2D eigenvalue weighted by atomic mass is 9.92. The predicted octanol–water partition coefficient (Wildman–Crippen LogP) is 16.2. The molecular formula is C60H40N2. The van der Waals surface area contributed by atoms with Gasteiger partial charge >= 0.3 is 0 Å². The first kappa shape index (κ1) is 35.7. The molecule has 0 aliphatic carbocycles. The standard InChI is InChI=1S/C60H40N2/c1-2-12-41(13-3-1)48-38-49(46-26-22-42(23-27-46)44-30-34-51(35-31-44)61-57-18-8-4-14-53(57)54-15-5-9-19-58(54)61)40-50(39-48)47-28-24-43(25-29-47)45-32-36-52(37-33-45)62-59-20-10-6-16-55(59)56-17-7-11-21-60(56)62/h1-40H. The van der Waals surface area contributed by atoms with E-state index in [0.29, 0.717) is 0 Å². The highest BCUT2D eigenvalue weighted by Crippen LogP contribution is 2.37. The Labute approximate surface area is 360 Å². The summed E-state index contributed by atoms with van der Waals surface area (Å²) in [5.41, 5.74) is 19.2. The number of aromatic nitrogens is 2. The molecule has 2 heteroatoms. The highest BCUT2D eigenvalue weighted by atomic mass is 15.0. The average molecular weight is 789 g/mol. The van der Waals surface area contributed by atoms with Gasteiger partial charge in [-0.25, -0.2) is 0 Å². The van der Waals surface area contributed by atoms with Gasteiger partial charge in [-0.2, -0.15) is 0 Å². The first-order valence-corrected chi connectivity index (χ1v) is 21.3. The second-order valence-corrected chi connectivity index (χ2v) is 16.2. The van der Waals surface area contributed by atoms with Gasteiger partial charge in [-0.3, -0.25) is 0 Å². The van der Waals surface area contributed by atoms with Gasteiger partial charge in [-0.15, -0.1) is 0 Å². The van der Waals surface area contributed by atoms with Crippen molar-refractivity contribution in [3.8, 4) is 67.0 Å². The average Bonchev–Trinajstić information content (AvgIpc) is 3.87. The summed E-state index contributed by atoms with van der Waals surface area (Å²) in [6.07, 6.45) is 0. The number of para-hydroxylation sites is 4. The Morgan fingerprint density at radius 3 is 0.710 bits per heavy atom. The Morgan fingerprint density at radius 2 is 0.403 bits per heavy atom. The summed E-state index contributed by atoms with van der Waals surface area (Å²) in [5.74, 6) is 0. The van der Waals surface area contributed by atoms with Crippen LogP contribution in [-0.4, -0.2) is 9.13 Å². The molecule has 0 aliphatic rings. The monoisotopic (exact) mass is 788 g/mol. The van der Waals surface area contributed by atoms with Gasteiger partial charge in [0.1, 0.15) is 0 Å². The zero-order chi connectivity index (χ0) is 41.0. The van der Waals surface area contributed by atoms with E-state index in [0.717, 1.165) is 11.4 Å². The molecular weight excluding hydrogens is 749 g/mol. The number of nitrogens with zero attached hydrogens (tertiary/aromatic N) is 2. The summed E-state index contributed by atoms with van der Waals surface area (Å²) in [4.78, 5) is 0. The molecule has 0 amide bonds. The molecule has 290 valence electrons. The summed E-state index contributed by atoms with van der Waals surface area (Å²) in [7, 11) is 0. The first-order chi connectivity index (χ1) is 30.7. The van der Waals surface area contributed by atoms with E-state index in [9.17, 15) is 0 Å². The molecule has 12 aromatic rings. The molecule has 0 atom stereocenters. The molecule has 0 N–H and O–H groups in total. The number of fused-ring (bicyclic) bond motifs is 6. The van der Waals surface area contributed by atoms with Crippen molar-refractivity contribution in [2.45, 2.75) is 0 Å². The first-order valence-electron chi connectivity index (χ1n) is 21.3. The Morgan fingerprint density at radius 1 is 0.177 bits per heavy atom. The van der Waals surface area contributed by atoms with Gasteiger partial charge in [0.25, 0.3) is 0 Å². The van der Waals surface area contributed by atoms with Crippen molar-refractivity contribution in [2.24, 2.45) is 0 Å². The maximum Gasteiger partial charge on any atom is 0.0541 e. The van der Waals surface area contributed by atoms with Crippen LogP contribution in [-0.2, 0) is 0 Å². The summed E-state index contributed by atoms with van der Waals surface area (Å²) >= 11 is 0. The van der Waals surface area contributed by atoms with Crippen molar-refractivity contribution < 1.29 is 0 Å². The van der Waals surface area contributed by atoms with Crippen LogP contribution >= 0.6 is 0 Å². The maximum atomic E-state index is 2.37. The van der Waals surface area contributed by atoms with Crippen LogP contribution in [0.2, 0.25) is 0 Å². The van der Waals surface area contributed by atoms with Crippen molar-refractivity contribution in [2.75, 3.05) is 0 Å². The SMILES string of the molecule is c1ccc(-c2cc(-c3ccc(-c4ccc(-n5c6ccccc6c6ccccc65)cc4)cc3)cc(-c3ccc(-c4ccc(-n5c6ccccc6c6ccccc65)cc4)cc3)c2)cc1. The van der Waals surface area contributed by atoms with Crippen LogP contribution in [0.15, 0.2) is 243 Å². The van der Waals surface area contributed by atoms with E-state index in [1.165, 1.54) is 99.2 Å². The van der Waals surface area contributed by atoms with Crippen LogP contribution in [0.3, 0.4) is 0 Å². The molecule has 12 rings (SSSR count). The fourth-order valence-electron chi connectivity index (χ4n) is 9.48. The summed E-state index contributed by atoms with van der Waals surface area (Å²) in [5, 5.41) is 5.10. The minimum atomic E-state index is 1.16. The molecule has 0 radical (unpaired) electrons. The molecule has 0 saturated heterocycles. The van der Waals surface area contributed by atoms with E-state index in [1.807, 2.05) is 0 Å². The van der Waals surface area contributed by atoms with E-state index in [1.54, 1.807) is 0 Å². The van der Waals surface area contributed by atoms with Gasteiger partial charge in [-0.1, -0.05) is 176 Å². The smallest absolute Gasteiger partial charge is 0.0541 e. The fraction of sp³-hybridized carbons (Fsp3) is 0. The van der Waals surface area contributed by atoms with Crippen molar-refractivity contribution in [1.82, 2.24) is 9.13 Å². The lowest BCUT2D eigenvalue weighted by Crippen LogP contribution is -1.93. The molecule has 2 heterocycles. The number of hydrogen-bond acceptors (Lipinski definition) is 0. The Hall–Kier alpha value is -8.20. The molecule has 62 heavy (non-hydrogen) atoms. The third-order valence-corrected chi connectivity index (χ3v) is 12.6. The zero-order valence-electron chi connectivity index (χ0n) is 34.0. The largest absolute Gasteiger partial charge is 0.309 e. The highest BCUT2D eigenvalue weighted by Gasteiger charge is 2.14. The van der Waals surface area contributed by atoms with Gasteiger partial charge in [0.2, 0.25) is 0 Å². The lowest BCUT2D eigenvalue weighted by molar-refractivity contribution is 1.18. The number of rotatable bonds is 7. The van der Waals surface area contributed by atoms with Crippen molar-refractivity contribution in [3.05, 3.63) is 243 Å². The molecule has 0 aliphatic heterocycles. The van der Waals surface area contributed by atoms with Gasteiger partial charge in [0.15, 0.2) is 0 Å². The summed E-state index contributed by atoms with van der Waals surface area (Å²) in [6, 6.07) is 88.3. The fourth-order valence-corrected chi connectivity index (χ4v) is 9.48. The lowest BCUT2D eigenvalue weighted by Gasteiger charge is -2.13. The molecule has 0 bridgehead atoms. The zero-order valence-corrected chi connectivity index (χ0v) is 34.0. The second kappa shape index (κ2) is 14.8. The summed E-state index contributed by atoms with van der Waals surface area (Å²) < 4.78 is 4.74. The normalized spacial score (nSPS) is 11.5. The second-order valence-electron chi connectivity index (χ2n) is 16.2. The maximum absolute atomic E-state index is 2.37. The van der Waals surface area contributed by atoms with Crippen LogP contribution in [0.1, 0.15) is 0 Å². The third-order valence-electron chi connectivity index (χ3n) is 12.6. The van der Waals surface area contributed by atoms with Crippen LogP contribution in [0.5, 0.6) is 0 Å². The predicted molar refractivity (Wildman–Crippen MR) is 262 cm³/mol. The quantitative estimate of drug-likeness (QED) is 0.152. The van der Waals surface area contributed by atoms with Gasteiger partial charge in [0, 0.05) is 32.9 Å². The topological polar surface area (TPSA) is 9.86 Å². The minimum Gasteiger partial charge on any atom is -0.309 e. The highest BCUT2D eigenvalue weighted by molar-refractivity contribution is 6.10. The van der Waals surface area contributed by atoms with E-state index in [4.69, 9.17) is 0 Å². The van der Waals surface area contributed by atoms with E-state index in [2.05, 4.69) is 252 Å². The molecule has 0 fully saturated rings. The van der Waals surface area contributed by atoms with Crippen molar-refractivity contribution in [1.29, 1.82) is 0 Å². The van der Waals surface area contributed by atoms with Crippen LogP contribution in [0.4, 0.5) is 0 Å². The van der Waals surface area contributed by atoms with E-state index < -0.39 is 0 Å². The summed E-state index contributed by atoms with van der Waals surface area (Å²) in [6.45, 7) is 0. The third kappa shape index (κ3) is 6.12. The van der Waals surface area contributed by atoms with E-state index >= 15 is 0 Å². The Bertz CT molecular complexity index is 3250. The molecule has 2 nitrogen and oxygen atoms in total. The van der Waals surface area contributed by atoms with Crippen molar-refractivity contribution >= 4 is 43.6 Å². The molecule has 2 aromatic heterocycles. The Kier molecular flexibility index (Phi) is 8.53. The van der Waals surface area contributed by atoms with E-state index in [-0.39, 0.29) is 0 Å². The van der Waals surface area contributed by atoms with Crippen molar-refractivity contribution in [3.63, 3.8) is 0 Å². The molecule has 10 aromatic carbocycles. The number of benzene rings is 10. The van der Waals surface area contributed by atoms with Gasteiger partial charge < -0.3 is 9.13 Å². The van der Waals surface area contributed by atoms with Crippen LogP contribution in [0.25, 0.3) is 111 Å². The molecule has 0 saturated carbocycles. The van der Waals surface area contributed by atoms with Gasteiger partial charge in [0.05, 0.1) is 22.1 Å². The number of hydrogen-bond donors (Lipinski definition) is 0. The van der Waals surface area contributed by atoms with Gasteiger partial charge in [-0.05, 0) is 122 Å². The van der Waals surface area contributed by atoms with Crippen LogP contribution in [0, 0.1) is 0 Å². The molecule has 0 unspecified atom stereocenters.